The Hall–Kier alpha value is -1.96. The van der Waals surface area contributed by atoms with Crippen molar-refractivity contribution in [2.75, 3.05) is 65.4 Å². The first-order valence-electron chi connectivity index (χ1n) is 11.1. The van der Waals surface area contributed by atoms with Crippen molar-refractivity contribution in [3.05, 3.63) is 35.9 Å². The third-order valence-electron chi connectivity index (χ3n) is 5.68. The number of nitrogens with one attached hydrogen (secondary N) is 1. The van der Waals surface area contributed by atoms with Crippen molar-refractivity contribution in [2.24, 2.45) is 0 Å². The summed E-state index contributed by atoms with van der Waals surface area (Å²) in [6, 6.07) is 10.6. The number of benzene rings is 1. The Bertz CT molecular complexity index is 687. The number of hydrogen-bond donors (Lipinski definition) is 1. The predicted octanol–water partition coefficient (Wildman–Crippen LogP) is 0.863. The van der Waals surface area contributed by atoms with Crippen molar-refractivity contribution in [3.8, 4) is 0 Å². The maximum absolute atomic E-state index is 12.7. The van der Waals surface area contributed by atoms with Gasteiger partial charge in [0, 0.05) is 64.4 Å². The predicted molar refractivity (Wildman–Crippen MR) is 119 cm³/mol. The smallest absolute Gasteiger partial charge is 0.236 e. The fourth-order valence-electron chi connectivity index (χ4n) is 4.05. The molecule has 2 heterocycles. The normalized spacial score (nSPS) is 19.6. The number of nitrogens with zero attached hydrogens (tertiary/aromatic N) is 4. The molecule has 0 bridgehead atoms. The summed E-state index contributed by atoms with van der Waals surface area (Å²) in [5, 5.41) is 3.00. The Morgan fingerprint density at radius 3 is 1.93 bits per heavy atom. The minimum Gasteiger partial charge on any atom is -0.350 e. The van der Waals surface area contributed by atoms with Gasteiger partial charge in [-0.3, -0.25) is 24.3 Å². The molecule has 1 aromatic carbocycles. The molecule has 3 rings (SSSR count). The van der Waals surface area contributed by atoms with Crippen molar-refractivity contribution in [2.45, 2.75) is 32.9 Å². The number of amides is 2. The second kappa shape index (κ2) is 10.4. The molecule has 7 heteroatoms. The van der Waals surface area contributed by atoms with E-state index >= 15 is 0 Å². The lowest BCUT2D eigenvalue weighted by Crippen LogP contribution is -2.55. The maximum Gasteiger partial charge on any atom is 0.236 e. The minimum atomic E-state index is -0.208. The van der Waals surface area contributed by atoms with Gasteiger partial charge in [-0.05, 0) is 26.3 Å². The highest BCUT2D eigenvalue weighted by molar-refractivity contribution is 5.79. The van der Waals surface area contributed by atoms with Crippen LogP contribution in [-0.4, -0.2) is 102 Å². The van der Waals surface area contributed by atoms with Crippen molar-refractivity contribution < 1.29 is 9.59 Å². The van der Waals surface area contributed by atoms with Gasteiger partial charge in [-0.15, -0.1) is 0 Å². The Morgan fingerprint density at radius 2 is 1.33 bits per heavy atom. The summed E-state index contributed by atoms with van der Waals surface area (Å²) in [5.74, 6) is 0.265. The Balaban J connectivity index is 1.34. The Labute approximate surface area is 181 Å². The standard InChI is InChI=1S/C23H37N5O2/c1-23(2,3)24-21(29)18-26-13-15-28(16-14-26)22(30)19-27-11-9-25(10-12-27)17-20-7-5-4-6-8-20/h4-8H,9-19H2,1-3H3,(H,24,29). The molecule has 0 unspecified atom stereocenters. The van der Waals surface area contributed by atoms with Gasteiger partial charge < -0.3 is 10.2 Å². The fraction of sp³-hybridized carbons (Fsp3) is 0.652. The van der Waals surface area contributed by atoms with Gasteiger partial charge in [0.15, 0.2) is 0 Å². The number of rotatable bonds is 6. The summed E-state index contributed by atoms with van der Waals surface area (Å²) in [7, 11) is 0. The molecule has 0 aromatic heterocycles. The van der Waals surface area contributed by atoms with Crippen molar-refractivity contribution in [3.63, 3.8) is 0 Å². The van der Waals surface area contributed by atoms with Crippen LogP contribution in [0.5, 0.6) is 0 Å². The molecule has 1 aromatic rings. The molecule has 0 aliphatic carbocycles. The Morgan fingerprint density at radius 1 is 0.800 bits per heavy atom. The highest BCUT2D eigenvalue weighted by Gasteiger charge is 2.26. The average molecular weight is 416 g/mol. The summed E-state index contributed by atoms with van der Waals surface area (Å²) < 4.78 is 0. The summed E-state index contributed by atoms with van der Waals surface area (Å²) in [4.78, 5) is 33.6. The van der Waals surface area contributed by atoms with Gasteiger partial charge in [0.2, 0.25) is 11.8 Å². The summed E-state index contributed by atoms with van der Waals surface area (Å²) >= 11 is 0. The van der Waals surface area contributed by atoms with E-state index in [0.29, 0.717) is 26.2 Å². The molecule has 2 aliphatic rings. The lowest BCUT2D eigenvalue weighted by molar-refractivity contribution is -0.135. The van der Waals surface area contributed by atoms with Crippen LogP contribution in [0.2, 0.25) is 0 Å². The lowest BCUT2D eigenvalue weighted by atomic mass is 10.1. The second-order valence-electron chi connectivity index (χ2n) is 9.49. The molecule has 166 valence electrons. The largest absolute Gasteiger partial charge is 0.350 e. The van der Waals surface area contributed by atoms with E-state index in [1.807, 2.05) is 31.7 Å². The van der Waals surface area contributed by atoms with E-state index in [2.05, 4.69) is 44.3 Å². The van der Waals surface area contributed by atoms with Crippen LogP contribution in [-0.2, 0) is 16.1 Å². The average Bonchev–Trinajstić information content (AvgIpc) is 2.69. The van der Waals surface area contributed by atoms with E-state index in [9.17, 15) is 9.59 Å². The zero-order valence-corrected chi connectivity index (χ0v) is 18.8. The van der Waals surface area contributed by atoms with Crippen LogP contribution in [0.4, 0.5) is 0 Å². The molecule has 0 atom stereocenters. The highest BCUT2D eigenvalue weighted by atomic mass is 16.2. The first kappa shape index (κ1) is 22.7. The van der Waals surface area contributed by atoms with E-state index in [1.165, 1.54) is 5.56 Å². The van der Waals surface area contributed by atoms with Gasteiger partial charge in [0.25, 0.3) is 0 Å². The molecule has 7 nitrogen and oxygen atoms in total. The van der Waals surface area contributed by atoms with Crippen LogP contribution < -0.4 is 5.32 Å². The monoisotopic (exact) mass is 415 g/mol. The third-order valence-corrected chi connectivity index (χ3v) is 5.68. The van der Waals surface area contributed by atoms with Gasteiger partial charge >= 0.3 is 0 Å². The molecule has 2 aliphatic heterocycles. The summed E-state index contributed by atoms with van der Waals surface area (Å²) in [5.41, 5.74) is 1.14. The van der Waals surface area contributed by atoms with E-state index in [-0.39, 0.29) is 17.4 Å². The molecular formula is C23H37N5O2. The van der Waals surface area contributed by atoms with Crippen LogP contribution in [0.15, 0.2) is 30.3 Å². The molecule has 1 N–H and O–H groups in total. The van der Waals surface area contributed by atoms with Crippen molar-refractivity contribution in [1.82, 2.24) is 24.9 Å². The second-order valence-corrected chi connectivity index (χ2v) is 9.49. The van der Waals surface area contributed by atoms with Gasteiger partial charge in [0.05, 0.1) is 13.1 Å². The molecule has 2 fully saturated rings. The zero-order chi connectivity index (χ0) is 21.6. The maximum atomic E-state index is 12.7. The SMILES string of the molecule is CC(C)(C)NC(=O)CN1CCN(C(=O)CN2CCN(Cc3ccccc3)CC2)CC1. The Kier molecular flexibility index (Phi) is 7.86. The number of hydrogen-bond acceptors (Lipinski definition) is 5. The number of carbonyl (C=O) groups excluding carboxylic acids is 2. The quantitative estimate of drug-likeness (QED) is 0.747. The van der Waals surface area contributed by atoms with Gasteiger partial charge in [-0.1, -0.05) is 30.3 Å². The number of carbonyl (C=O) groups is 2. The van der Waals surface area contributed by atoms with Gasteiger partial charge in [-0.2, -0.15) is 0 Å². The molecular weight excluding hydrogens is 378 g/mol. The molecule has 30 heavy (non-hydrogen) atoms. The summed E-state index contributed by atoms with van der Waals surface area (Å²) in [6.07, 6.45) is 0. The third kappa shape index (κ3) is 7.38. The van der Waals surface area contributed by atoms with Gasteiger partial charge in [0.1, 0.15) is 0 Å². The van der Waals surface area contributed by atoms with Crippen LogP contribution >= 0.6 is 0 Å². The van der Waals surface area contributed by atoms with Crippen LogP contribution in [0.1, 0.15) is 26.3 Å². The molecule has 0 radical (unpaired) electrons. The van der Waals surface area contributed by atoms with Crippen LogP contribution in [0.3, 0.4) is 0 Å². The highest BCUT2D eigenvalue weighted by Crippen LogP contribution is 2.10. The lowest BCUT2D eigenvalue weighted by Gasteiger charge is -2.38. The molecule has 0 spiro atoms. The fourth-order valence-corrected chi connectivity index (χ4v) is 4.05. The molecule has 0 saturated carbocycles. The van der Waals surface area contributed by atoms with Gasteiger partial charge in [-0.25, -0.2) is 0 Å². The minimum absolute atomic E-state index is 0.0515. The topological polar surface area (TPSA) is 59.1 Å². The molecule has 2 saturated heterocycles. The van der Waals surface area contributed by atoms with E-state index in [4.69, 9.17) is 0 Å². The van der Waals surface area contributed by atoms with Crippen LogP contribution in [0, 0.1) is 0 Å². The summed E-state index contributed by atoms with van der Waals surface area (Å²) in [6.45, 7) is 14.6. The molecule has 2 amide bonds. The van der Waals surface area contributed by atoms with Crippen LogP contribution in [0.25, 0.3) is 0 Å². The first-order valence-corrected chi connectivity index (χ1v) is 11.1. The van der Waals surface area contributed by atoms with E-state index < -0.39 is 0 Å². The zero-order valence-electron chi connectivity index (χ0n) is 18.8. The van der Waals surface area contributed by atoms with E-state index in [0.717, 1.165) is 45.8 Å². The van der Waals surface area contributed by atoms with E-state index in [1.54, 1.807) is 0 Å². The van der Waals surface area contributed by atoms with Crippen molar-refractivity contribution in [1.29, 1.82) is 0 Å². The first-order chi connectivity index (χ1) is 14.3. The van der Waals surface area contributed by atoms with Crippen molar-refractivity contribution >= 4 is 11.8 Å². The number of piperazine rings is 2.